The molecule has 1 fully saturated rings. The minimum atomic E-state index is -1.19. The van der Waals surface area contributed by atoms with E-state index in [4.69, 9.17) is 4.84 Å². The molecule has 1 saturated heterocycles. The number of benzene rings is 3. The van der Waals surface area contributed by atoms with Crippen molar-refractivity contribution in [2.75, 3.05) is 4.90 Å². The van der Waals surface area contributed by atoms with Crippen LogP contribution < -0.4 is 4.90 Å². The van der Waals surface area contributed by atoms with Crippen molar-refractivity contribution in [3.63, 3.8) is 0 Å². The molecule has 2 aliphatic rings. The van der Waals surface area contributed by atoms with E-state index in [1.165, 1.54) is 12.1 Å². The normalized spacial score (nSPS) is 20.6. The van der Waals surface area contributed by atoms with Crippen LogP contribution in [0, 0.1) is 11.7 Å². The summed E-state index contributed by atoms with van der Waals surface area (Å²) in [6.07, 6.45) is -1.19. The number of ketones is 1. The Labute approximate surface area is 164 Å². The van der Waals surface area contributed by atoms with Crippen molar-refractivity contribution in [3.05, 3.63) is 78.1 Å². The molecule has 29 heavy (non-hydrogen) atoms. The Morgan fingerprint density at radius 1 is 0.931 bits per heavy atom. The van der Waals surface area contributed by atoms with Gasteiger partial charge >= 0.3 is 0 Å². The predicted molar refractivity (Wildman–Crippen MR) is 103 cm³/mol. The molecule has 6 nitrogen and oxygen atoms in total. The number of rotatable bonds is 3. The molecule has 142 valence electrons. The Morgan fingerprint density at radius 2 is 1.66 bits per heavy atom. The zero-order chi connectivity index (χ0) is 20.1. The van der Waals surface area contributed by atoms with Crippen LogP contribution in [0.5, 0.6) is 0 Å². The third kappa shape index (κ3) is 2.62. The maximum Gasteiger partial charge on any atom is 0.278 e. The van der Waals surface area contributed by atoms with Gasteiger partial charge in [0.05, 0.1) is 5.69 Å². The number of carbonyl (C=O) groups excluding carboxylic acids is 3. The van der Waals surface area contributed by atoms with Gasteiger partial charge in [0.15, 0.2) is 0 Å². The number of halogens is 1. The number of oxime groups is 1. The number of anilines is 1. The number of hydrogen-bond acceptors (Lipinski definition) is 5. The van der Waals surface area contributed by atoms with Crippen LogP contribution in [0.15, 0.2) is 71.9 Å². The fourth-order valence-corrected chi connectivity index (χ4v) is 3.69. The van der Waals surface area contributed by atoms with E-state index >= 15 is 0 Å². The Hall–Kier alpha value is -3.87. The van der Waals surface area contributed by atoms with Gasteiger partial charge in [0.25, 0.3) is 5.91 Å². The maximum atomic E-state index is 13.2. The second-order valence-corrected chi connectivity index (χ2v) is 6.86. The average molecular weight is 388 g/mol. The first-order valence-electron chi connectivity index (χ1n) is 8.95. The molecule has 2 atom stereocenters. The molecule has 2 amide bonds. The largest absolute Gasteiger partial charge is 0.381 e. The van der Waals surface area contributed by atoms with Crippen molar-refractivity contribution >= 4 is 39.8 Å². The average Bonchev–Trinajstić information content (AvgIpc) is 3.28. The van der Waals surface area contributed by atoms with Gasteiger partial charge in [0, 0.05) is 5.56 Å². The number of Topliss-reactive ketones (excluding diaryl/α,β-unsaturated/α-hetero) is 1. The molecule has 0 radical (unpaired) electrons. The summed E-state index contributed by atoms with van der Waals surface area (Å²) >= 11 is 0. The number of nitrogens with zero attached hydrogens (tertiary/aromatic N) is 2. The summed E-state index contributed by atoms with van der Waals surface area (Å²) in [7, 11) is 0. The van der Waals surface area contributed by atoms with E-state index in [-0.39, 0.29) is 11.4 Å². The van der Waals surface area contributed by atoms with E-state index in [0.29, 0.717) is 5.56 Å². The van der Waals surface area contributed by atoms with Crippen LogP contribution in [0.3, 0.4) is 0 Å². The standard InChI is InChI=1S/C22H13FN2O4/c23-15-7-9-16(10-8-15)25-21(27)17-18(24-29-20(17)22(25)28)19(26)14-6-5-12-3-1-2-4-13(12)11-14/h1-11,17,20H/t17-,20+/m1/s1. The lowest BCUT2D eigenvalue weighted by atomic mass is 9.92. The van der Waals surface area contributed by atoms with Gasteiger partial charge in [-0.1, -0.05) is 41.6 Å². The Morgan fingerprint density at radius 3 is 2.41 bits per heavy atom. The summed E-state index contributed by atoms with van der Waals surface area (Å²) in [5.74, 6) is -3.32. The molecule has 0 spiro atoms. The van der Waals surface area contributed by atoms with Crippen LogP contribution in [0.1, 0.15) is 10.4 Å². The monoisotopic (exact) mass is 388 g/mol. The van der Waals surface area contributed by atoms with Gasteiger partial charge in [-0.05, 0) is 41.1 Å². The van der Waals surface area contributed by atoms with Crippen LogP contribution in [0.25, 0.3) is 10.8 Å². The molecular weight excluding hydrogens is 375 g/mol. The first-order valence-corrected chi connectivity index (χ1v) is 8.95. The number of fused-ring (bicyclic) bond motifs is 2. The predicted octanol–water partition coefficient (Wildman–Crippen LogP) is 3.11. The van der Waals surface area contributed by atoms with Gasteiger partial charge in [-0.2, -0.15) is 0 Å². The highest BCUT2D eigenvalue weighted by Gasteiger charge is 2.57. The molecule has 3 aromatic carbocycles. The van der Waals surface area contributed by atoms with E-state index in [0.717, 1.165) is 27.8 Å². The van der Waals surface area contributed by atoms with E-state index in [1.807, 2.05) is 30.3 Å². The molecular formula is C22H13FN2O4. The Bertz CT molecular complexity index is 1220. The van der Waals surface area contributed by atoms with Crippen LogP contribution >= 0.6 is 0 Å². The quantitative estimate of drug-likeness (QED) is 0.510. The molecule has 0 unspecified atom stereocenters. The molecule has 0 aromatic heterocycles. The third-order valence-corrected chi connectivity index (χ3v) is 5.14. The van der Waals surface area contributed by atoms with Crippen LogP contribution in [-0.2, 0) is 14.4 Å². The topological polar surface area (TPSA) is 76.0 Å². The molecule has 3 aromatic rings. The van der Waals surface area contributed by atoms with Crippen molar-refractivity contribution < 1.29 is 23.6 Å². The number of imide groups is 1. The van der Waals surface area contributed by atoms with Gasteiger partial charge in [0.1, 0.15) is 17.4 Å². The highest BCUT2D eigenvalue weighted by atomic mass is 19.1. The number of hydrogen-bond donors (Lipinski definition) is 0. The van der Waals surface area contributed by atoms with Crippen molar-refractivity contribution in [3.8, 4) is 0 Å². The van der Waals surface area contributed by atoms with E-state index in [9.17, 15) is 18.8 Å². The lowest BCUT2D eigenvalue weighted by Gasteiger charge is -2.15. The lowest BCUT2D eigenvalue weighted by molar-refractivity contribution is -0.126. The van der Waals surface area contributed by atoms with E-state index < -0.39 is 35.4 Å². The zero-order valence-electron chi connectivity index (χ0n) is 14.9. The van der Waals surface area contributed by atoms with E-state index in [2.05, 4.69) is 5.16 Å². The van der Waals surface area contributed by atoms with Crippen LogP contribution in [-0.4, -0.2) is 29.4 Å². The summed E-state index contributed by atoms with van der Waals surface area (Å²) in [5.41, 5.74) is 0.470. The molecule has 7 heteroatoms. The van der Waals surface area contributed by atoms with Gasteiger partial charge in [-0.25, -0.2) is 9.29 Å². The van der Waals surface area contributed by atoms with Gasteiger partial charge in [-0.3, -0.25) is 14.4 Å². The number of carbonyl (C=O) groups is 3. The van der Waals surface area contributed by atoms with Crippen molar-refractivity contribution in [2.24, 2.45) is 11.1 Å². The van der Waals surface area contributed by atoms with Crippen LogP contribution in [0.2, 0.25) is 0 Å². The van der Waals surface area contributed by atoms with Gasteiger partial charge in [0.2, 0.25) is 17.8 Å². The number of amides is 2. The smallest absolute Gasteiger partial charge is 0.278 e. The molecule has 2 heterocycles. The fraction of sp³-hybridized carbons (Fsp3) is 0.0909. The molecule has 0 aliphatic carbocycles. The summed E-state index contributed by atoms with van der Waals surface area (Å²) in [6, 6.07) is 17.7. The zero-order valence-corrected chi connectivity index (χ0v) is 14.9. The van der Waals surface area contributed by atoms with E-state index in [1.54, 1.807) is 12.1 Å². The molecule has 0 saturated carbocycles. The van der Waals surface area contributed by atoms with Crippen molar-refractivity contribution in [2.45, 2.75) is 6.10 Å². The highest BCUT2D eigenvalue weighted by molar-refractivity contribution is 6.52. The van der Waals surface area contributed by atoms with Gasteiger partial charge in [-0.15, -0.1) is 0 Å². The second kappa shape index (κ2) is 6.34. The van der Waals surface area contributed by atoms with Crippen molar-refractivity contribution in [1.29, 1.82) is 0 Å². The SMILES string of the molecule is O=C(C1=NO[C@@H]2C(=O)N(c3ccc(F)cc3)C(=O)[C@H]12)c1ccc2ccccc2c1. The minimum Gasteiger partial charge on any atom is -0.381 e. The molecule has 0 N–H and O–H groups in total. The summed E-state index contributed by atoms with van der Waals surface area (Å²) in [4.78, 5) is 44.7. The summed E-state index contributed by atoms with van der Waals surface area (Å²) in [5, 5.41) is 5.60. The third-order valence-electron chi connectivity index (χ3n) is 5.14. The first kappa shape index (κ1) is 17.2. The molecule has 5 rings (SSSR count). The van der Waals surface area contributed by atoms with Crippen LogP contribution in [0.4, 0.5) is 10.1 Å². The molecule has 2 aliphatic heterocycles. The Balaban J connectivity index is 1.48. The lowest BCUT2D eigenvalue weighted by Crippen LogP contribution is -2.34. The second-order valence-electron chi connectivity index (χ2n) is 6.86. The first-order chi connectivity index (χ1) is 14.0. The summed E-state index contributed by atoms with van der Waals surface area (Å²) in [6.45, 7) is 0. The highest BCUT2D eigenvalue weighted by Crippen LogP contribution is 2.34. The minimum absolute atomic E-state index is 0.103. The van der Waals surface area contributed by atoms with Crippen molar-refractivity contribution in [1.82, 2.24) is 0 Å². The van der Waals surface area contributed by atoms with Gasteiger partial charge < -0.3 is 4.84 Å². The molecule has 0 bridgehead atoms. The summed E-state index contributed by atoms with van der Waals surface area (Å²) < 4.78 is 13.2. The Kier molecular flexibility index (Phi) is 3.77. The fourth-order valence-electron chi connectivity index (χ4n) is 3.69. The maximum absolute atomic E-state index is 13.2.